The first-order valence-corrected chi connectivity index (χ1v) is 9.86. The highest BCUT2D eigenvalue weighted by molar-refractivity contribution is 8.14. The van der Waals surface area contributed by atoms with Crippen molar-refractivity contribution in [2.45, 2.75) is 12.2 Å². The Balaban J connectivity index is 1.78. The molecule has 1 aliphatic heterocycles. The molecule has 1 aliphatic rings. The minimum absolute atomic E-state index is 0.0427. The molecule has 0 N–H and O–H groups in total. The van der Waals surface area contributed by atoms with Crippen molar-refractivity contribution in [1.29, 1.82) is 0 Å². The van der Waals surface area contributed by atoms with E-state index >= 15 is 0 Å². The van der Waals surface area contributed by atoms with Crippen molar-refractivity contribution in [2.24, 2.45) is 10.9 Å². The van der Waals surface area contributed by atoms with E-state index in [-0.39, 0.29) is 17.1 Å². The minimum atomic E-state index is -0.158. The molecular weight excluding hydrogens is 352 g/mol. The van der Waals surface area contributed by atoms with E-state index in [2.05, 4.69) is 22.0 Å². The average Bonchev–Trinajstić information content (AvgIpc) is 2.73. The van der Waals surface area contributed by atoms with Crippen LogP contribution in [0.2, 0.25) is 0 Å². The fourth-order valence-corrected chi connectivity index (χ4v) is 4.49. The maximum atomic E-state index is 12.7. The molecule has 0 bridgehead atoms. The van der Waals surface area contributed by atoms with Gasteiger partial charge in [-0.25, -0.2) is 0 Å². The van der Waals surface area contributed by atoms with Gasteiger partial charge in [-0.3, -0.25) is 9.69 Å². The molecule has 0 unspecified atom stereocenters. The number of thioether (sulfide) groups is 1. The maximum Gasteiger partial charge on any atom is 0.252 e. The van der Waals surface area contributed by atoms with Crippen molar-refractivity contribution in [3.63, 3.8) is 0 Å². The van der Waals surface area contributed by atoms with Gasteiger partial charge in [0.25, 0.3) is 5.91 Å². The summed E-state index contributed by atoms with van der Waals surface area (Å²) in [6.07, 6.45) is 0. The third-order valence-corrected chi connectivity index (χ3v) is 6.05. The second kappa shape index (κ2) is 7.80. The fourth-order valence-electron chi connectivity index (χ4n) is 3.19. The van der Waals surface area contributed by atoms with Gasteiger partial charge in [0.2, 0.25) is 0 Å². The molecule has 27 heavy (non-hydrogen) atoms. The van der Waals surface area contributed by atoms with Crippen LogP contribution in [0.5, 0.6) is 0 Å². The quantitative estimate of drug-likeness (QED) is 0.580. The van der Waals surface area contributed by atoms with Crippen LogP contribution in [0.15, 0.2) is 96.0 Å². The van der Waals surface area contributed by atoms with E-state index < -0.39 is 0 Å². The van der Waals surface area contributed by atoms with Gasteiger partial charge in [0, 0.05) is 16.6 Å². The van der Waals surface area contributed by atoms with Crippen molar-refractivity contribution in [2.75, 3.05) is 4.90 Å². The van der Waals surface area contributed by atoms with E-state index in [4.69, 9.17) is 0 Å². The molecule has 0 aromatic heterocycles. The Bertz CT molecular complexity index is 902. The molecule has 0 fully saturated rings. The Morgan fingerprint density at radius 1 is 0.778 bits per heavy atom. The number of amides is 1. The maximum absolute atomic E-state index is 12.7. The predicted molar refractivity (Wildman–Crippen MR) is 113 cm³/mol. The van der Waals surface area contributed by atoms with E-state index in [1.807, 2.05) is 85.8 Å². The summed E-state index contributed by atoms with van der Waals surface area (Å²) < 4.78 is 0. The van der Waals surface area contributed by atoms with E-state index in [1.54, 1.807) is 11.8 Å². The molecule has 3 aromatic rings. The summed E-state index contributed by atoms with van der Waals surface area (Å²) in [7, 11) is 0. The molecule has 1 amide bonds. The Morgan fingerprint density at radius 3 is 1.78 bits per heavy atom. The predicted octanol–water partition coefficient (Wildman–Crippen LogP) is 5.83. The molecule has 4 rings (SSSR count). The number of rotatable bonds is 3. The van der Waals surface area contributed by atoms with E-state index in [9.17, 15) is 4.79 Å². The number of carbonyl (C=O) groups excluding carboxylic acids is 1. The highest BCUT2D eigenvalue weighted by atomic mass is 32.2. The van der Waals surface area contributed by atoms with Crippen LogP contribution in [-0.2, 0) is 4.79 Å². The standard InChI is InChI=1S/C23H20N2OS/c1-17-21(18-11-5-2-6-12-18)27-23(24-22(17)26)25(19-13-7-3-8-14-19)20-15-9-4-10-16-20/h2-17,21H,1H3/t17-,21-/m1/s1. The summed E-state index contributed by atoms with van der Waals surface area (Å²) in [6.45, 7) is 1.96. The van der Waals surface area contributed by atoms with Gasteiger partial charge in [0.05, 0.1) is 5.92 Å². The molecule has 134 valence electrons. The Labute approximate surface area is 163 Å². The van der Waals surface area contributed by atoms with Crippen LogP contribution in [-0.4, -0.2) is 11.1 Å². The molecule has 3 aromatic carbocycles. The topological polar surface area (TPSA) is 32.7 Å². The van der Waals surface area contributed by atoms with Gasteiger partial charge in [0.1, 0.15) is 0 Å². The van der Waals surface area contributed by atoms with Crippen LogP contribution in [0.4, 0.5) is 11.4 Å². The first-order valence-electron chi connectivity index (χ1n) is 8.98. The summed E-state index contributed by atoms with van der Waals surface area (Å²) in [4.78, 5) is 19.2. The Morgan fingerprint density at radius 2 is 1.26 bits per heavy atom. The third kappa shape index (κ3) is 3.67. The highest BCUT2D eigenvalue weighted by Gasteiger charge is 2.34. The molecule has 0 saturated carbocycles. The largest absolute Gasteiger partial charge is 0.289 e. The van der Waals surface area contributed by atoms with Gasteiger partial charge < -0.3 is 0 Å². The monoisotopic (exact) mass is 372 g/mol. The average molecular weight is 372 g/mol. The minimum Gasteiger partial charge on any atom is -0.289 e. The molecular formula is C23H20N2OS. The van der Waals surface area contributed by atoms with Crippen molar-refractivity contribution in [1.82, 2.24) is 0 Å². The number of carbonyl (C=O) groups is 1. The second-order valence-electron chi connectivity index (χ2n) is 6.48. The summed E-state index contributed by atoms with van der Waals surface area (Å²) in [6, 6.07) is 30.3. The van der Waals surface area contributed by atoms with Gasteiger partial charge in [-0.15, -0.1) is 0 Å². The van der Waals surface area contributed by atoms with Crippen LogP contribution in [0.1, 0.15) is 17.7 Å². The lowest BCUT2D eigenvalue weighted by Gasteiger charge is -2.33. The lowest BCUT2D eigenvalue weighted by atomic mass is 10.00. The molecule has 0 saturated heterocycles. The number of para-hydroxylation sites is 2. The summed E-state index contributed by atoms with van der Waals surface area (Å²) >= 11 is 1.65. The molecule has 3 nitrogen and oxygen atoms in total. The van der Waals surface area contributed by atoms with E-state index in [0.29, 0.717) is 5.17 Å². The van der Waals surface area contributed by atoms with Crippen molar-refractivity contribution >= 4 is 34.2 Å². The van der Waals surface area contributed by atoms with E-state index in [1.165, 1.54) is 0 Å². The number of nitrogens with zero attached hydrogens (tertiary/aromatic N) is 2. The number of hydrogen-bond acceptors (Lipinski definition) is 3. The molecule has 0 spiro atoms. The zero-order valence-electron chi connectivity index (χ0n) is 15.0. The van der Waals surface area contributed by atoms with Crippen molar-refractivity contribution in [3.05, 3.63) is 96.6 Å². The van der Waals surface area contributed by atoms with Crippen molar-refractivity contribution < 1.29 is 4.79 Å². The lowest BCUT2D eigenvalue weighted by Crippen LogP contribution is -2.32. The molecule has 0 aliphatic carbocycles. The summed E-state index contributed by atoms with van der Waals surface area (Å²) in [5, 5.41) is 0.755. The molecule has 0 radical (unpaired) electrons. The number of anilines is 2. The normalized spacial score (nSPS) is 19.4. The second-order valence-corrected chi connectivity index (χ2v) is 7.59. The van der Waals surface area contributed by atoms with Gasteiger partial charge >= 0.3 is 0 Å². The fraction of sp³-hybridized carbons (Fsp3) is 0.130. The van der Waals surface area contributed by atoms with Gasteiger partial charge in [-0.1, -0.05) is 85.4 Å². The number of benzene rings is 3. The highest BCUT2D eigenvalue weighted by Crippen LogP contribution is 2.43. The van der Waals surface area contributed by atoms with Crippen LogP contribution >= 0.6 is 11.8 Å². The first-order chi connectivity index (χ1) is 13.2. The smallest absolute Gasteiger partial charge is 0.252 e. The van der Waals surface area contributed by atoms with Crippen molar-refractivity contribution in [3.8, 4) is 0 Å². The summed E-state index contributed by atoms with van der Waals surface area (Å²) in [5.41, 5.74) is 3.13. The number of aliphatic imine (C=N–C) groups is 1. The zero-order chi connectivity index (χ0) is 18.6. The lowest BCUT2D eigenvalue weighted by molar-refractivity contribution is -0.121. The number of amidine groups is 1. The number of hydrogen-bond donors (Lipinski definition) is 0. The molecule has 4 heteroatoms. The van der Waals surface area contributed by atoms with Gasteiger partial charge in [-0.05, 0) is 29.8 Å². The van der Waals surface area contributed by atoms with Crippen LogP contribution < -0.4 is 4.90 Å². The molecule has 2 atom stereocenters. The Kier molecular flexibility index (Phi) is 5.07. The molecule has 1 heterocycles. The van der Waals surface area contributed by atoms with Gasteiger partial charge in [-0.2, -0.15) is 4.99 Å². The van der Waals surface area contributed by atoms with E-state index in [0.717, 1.165) is 16.9 Å². The van der Waals surface area contributed by atoms with Crippen LogP contribution in [0.3, 0.4) is 0 Å². The zero-order valence-corrected chi connectivity index (χ0v) is 15.8. The Hall–Kier alpha value is -2.85. The van der Waals surface area contributed by atoms with Crippen LogP contribution in [0, 0.1) is 5.92 Å². The third-order valence-electron chi connectivity index (χ3n) is 4.63. The van der Waals surface area contributed by atoms with Crippen LogP contribution in [0.25, 0.3) is 0 Å². The summed E-state index contributed by atoms with van der Waals surface area (Å²) in [5.74, 6) is -0.232. The van der Waals surface area contributed by atoms with Gasteiger partial charge in [0.15, 0.2) is 5.17 Å². The first kappa shape index (κ1) is 17.6. The SMILES string of the molecule is C[C@H]1C(=O)N=C(N(c2ccccc2)c2ccccc2)S[C@H]1c1ccccc1.